The molecular weight excluding hydrogens is 496 g/mol. The van der Waals surface area contributed by atoms with Gasteiger partial charge in [0.1, 0.15) is 22.7 Å². The summed E-state index contributed by atoms with van der Waals surface area (Å²) >= 11 is 1.50. The van der Waals surface area contributed by atoms with Crippen LogP contribution in [0.5, 0.6) is 5.75 Å². The summed E-state index contributed by atoms with van der Waals surface area (Å²) in [7, 11) is -2.10. The van der Waals surface area contributed by atoms with E-state index in [1.54, 1.807) is 20.0 Å². The Labute approximate surface area is 219 Å². The van der Waals surface area contributed by atoms with Gasteiger partial charge in [-0.3, -0.25) is 4.79 Å². The summed E-state index contributed by atoms with van der Waals surface area (Å²) in [5, 5.41) is 0. The number of sulfonamides is 1. The van der Waals surface area contributed by atoms with Gasteiger partial charge in [-0.25, -0.2) is 8.42 Å². The average Bonchev–Trinajstić information content (AvgIpc) is 3.69. The van der Waals surface area contributed by atoms with Crippen LogP contribution in [0, 0.1) is 5.41 Å². The Morgan fingerprint density at radius 1 is 1.17 bits per heavy atom. The number of unbranched alkanes of at least 4 members (excludes halogenated alkanes) is 1. The van der Waals surface area contributed by atoms with Gasteiger partial charge in [-0.1, -0.05) is 38.0 Å². The van der Waals surface area contributed by atoms with Gasteiger partial charge in [0.05, 0.1) is 17.2 Å². The van der Waals surface area contributed by atoms with Crippen LogP contribution >= 0.6 is 11.8 Å². The molecule has 9 heteroatoms. The molecule has 0 saturated heterocycles. The van der Waals surface area contributed by atoms with Gasteiger partial charge >= 0.3 is 5.97 Å². The van der Waals surface area contributed by atoms with Crippen molar-refractivity contribution < 1.29 is 22.7 Å². The lowest BCUT2D eigenvalue weighted by molar-refractivity contribution is -0.150. The van der Waals surface area contributed by atoms with Gasteiger partial charge in [0.15, 0.2) is 0 Å². The molecular formula is C27H36N2O5S2. The fraction of sp³-hybridized carbons (Fsp3) is 0.519. The third-order valence-corrected chi connectivity index (χ3v) is 9.82. The van der Waals surface area contributed by atoms with Crippen molar-refractivity contribution in [3.63, 3.8) is 0 Å². The van der Waals surface area contributed by atoms with Gasteiger partial charge in [-0.15, -0.1) is 11.8 Å². The number of benzene rings is 2. The first-order valence-electron chi connectivity index (χ1n) is 12.6. The van der Waals surface area contributed by atoms with E-state index in [4.69, 9.17) is 9.47 Å². The summed E-state index contributed by atoms with van der Waals surface area (Å²) in [5.74, 6) is 0.237. The van der Waals surface area contributed by atoms with E-state index in [1.165, 1.54) is 16.1 Å². The second-order valence-electron chi connectivity index (χ2n) is 9.52. The van der Waals surface area contributed by atoms with Gasteiger partial charge in [0.25, 0.3) is 0 Å². The molecule has 0 spiro atoms. The lowest BCUT2D eigenvalue weighted by Gasteiger charge is -2.29. The molecule has 0 N–H and O–H groups in total. The first-order chi connectivity index (χ1) is 17.3. The van der Waals surface area contributed by atoms with Crippen LogP contribution in [0.1, 0.15) is 46.0 Å². The first kappa shape index (κ1) is 26.8. The molecule has 0 radical (unpaired) electrons. The molecule has 2 aromatic carbocycles. The molecule has 1 heterocycles. The molecule has 1 fully saturated rings. The van der Waals surface area contributed by atoms with Gasteiger partial charge in [0.2, 0.25) is 10.0 Å². The molecule has 4 rings (SSSR count). The van der Waals surface area contributed by atoms with Gasteiger partial charge in [0, 0.05) is 31.4 Å². The maximum atomic E-state index is 13.9. The number of carbonyl (C=O) groups excluding carboxylic acids is 1. The smallest absolute Gasteiger partial charge is 0.315 e. The predicted octanol–water partition coefficient (Wildman–Crippen LogP) is 5.46. The Morgan fingerprint density at radius 3 is 2.50 bits per heavy atom. The molecule has 1 aliphatic heterocycles. The van der Waals surface area contributed by atoms with Crippen LogP contribution in [-0.2, 0) is 19.6 Å². The molecule has 1 saturated carbocycles. The van der Waals surface area contributed by atoms with Crippen molar-refractivity contribution in [1.29, 1.82) is 0 Å². The van der Waals surface area contributed by atoms with E-state index >= 15 is 0 Å². The van der Waals surface area contributed by atoms with Crippen molar-refractivity contribution in [2.24, 2.45) is 5.41 Å². The highest BCUT2D eigenvalue weighted by molar-refractivity contribution is 7.98. The zero-order chi connectivity index (χ0) is 25.9. The Hall–Kier alpha value is -2.23. The normalized spacial score (nSPS) is 20.3. The number of hydrogen-bond acceptors (Lipinski definition) is 7. The predicted molar refractivity (Wildman–Crippen MR) is 144 cm³/mol. The van der Waals surface area contributed by atoms with E-state index in [-0.39, 0.29) is 23.5 Å². The van der Waals surface area contributed by atoms with Crippen LogP contribution in [0.3, 0.4) is 0 Å². The summed E-state index contributed by atoms with van der Waals surface area (Å²) in [6.07, 6.45) is 6.11. The Morgan fingerprint density at radius 2 is 1.89 bits per heavy atom. The van der Waals surface area contributed by atoms with Crippen molar-refractivity contribution in [1.82, 2.24) is 4.31 Å². The van der Waals surface area contributed by atoms with E-state index < -0.39 is 15.4 Å². The molecule has 0 amide bonds. The molecule has 0 bridgehead atoms. The van der Waals surface area contributed by atoms with Crippen LogP contribution in [-0.4, -0.2) is 57.8 Å². The average molecular weight is 533 g/mol. The third-order valence-electron chi connectivity index (χ3n) is 7.13. The number of esters is 1. The zero-order valence-corrected chi connectivity index (χ0v) is 23.2. The highest BCUT2D eigenvalue weighted by Crippen LogP contribution is 2.49. The molecule has 7 nitrogen and oxygen atoms in total. The third kappa shape index (κ3) is 5.24. The lowest BCUT2D eigenvalue weighted by Crippen LogP contribution is -2.40. The van der Waals surface area contributed by atoms with Crippen LogP contribution in [0.15, 0.2) is 52.3 Å². The number of fused-ring (bicyclic) bond motifs is 1. The van der Waals surface area contributed by atoms with Crippen LogP contribution in [0.4, 0.5) is 11.4 Å². The molecule has 0 aromatic heterocycles. The van der Waals surface area contributed by atoms with E-state index in [9.17, 15) is 13.2 Å². The van der Waals surface area contributed by atoms with Gasteiger partial charge in [-0.05, 0) is 50.6 Å². The minimum atomic E-state index is -3.78. The second kappa shape index (κ2) is 11.0. The first-order valence-corrected chi connectivity index (χ1v) is 15.3. The number of para-hydroxylation sites is 1. The van der Waals surface area contributed by atoms with E-state index in [2.05, 4.69) is 11.8 Å². The van der Waals surface area contributed by atoms with Crippen molar-refractivity contribution in [2.75, 3.05) is 38.0 Å². The highest BCUT2D eigenvalue weighted by atomic mass is 32.2. The topological polar surface area (TPSA) is 76.1 Å². The summed E-state index contributed by atoms with van der Waals surface area (Å²) < 4.78 is 40.7. The van der Waals surface area contributed by atoms with Crippen molar-refractivity contribution >= 4 is 39.1 Å². The maximum Gasteiger partial charge on any atom is 0.315 e. The minimum absolute atomic E-state index is 0.164. The maximum absolute atomic E-state index is 13.9. The van der Waals surface area contributed by atoms with Gasteiger partial charge < -0.3 is 14.4 Å². The Balaban J connectivity index is 1.77. The molecule has 1 aliphatic carbocycles. The molecule has 36 heavy (non-hydrogen) atoms. The van der Waals surface area contributed by atoms with Crippen LogP contribution in [0.25, 0.3) is 0 Å². The standard InChI is InChI=1S/C27H36N2O5S2/c1-5-7-11-21-18-29(20-12-9-8-10-13-20)22-16-24(35-4)23(17-25(22)36(31,32)28(21)3)34-19-27(14-15-27)26(30)33-6-2/h8-10,12-13,16-17,21H,5-7,11,14-15,18-19H2,1-4H3/t21-/m0/s1. The monoisotopic (exact) mass is 532 g/mol. The largest absolute Gasteiger partial charge is 0.491 e. The summed E-state index contributed by atoms with van der Waals surface area (Å²) in [4.78, 5) is 15.6. The number of ether oxygens (including phenoxy) is 2. The second-order valence-corrected chi connectivity index (χ2v) is 12.3. The SMILES string of the molecule is CCCC[C@H]1CN(c2ccccc2)c2cc(SC)c(OCC3(C(=O)OCC)CC3)cc2S(=O)(=O)N1C. The van der Waals surface area contributed by atoms with E-state index in [0.29, 0.717) is 37.4 Å². The molecule has 196 valence electrons. The number of nitrogens with zero attached hydrogens (tertiary/aromatic N) is 2. The summed E-state index contributed by atoms with van der Waals surface area (Å²) in [6.45, 7) is 4.98. The van der Waals surface area contributed by atoms with Crippen molar-refractivity contribution in [3.8, 4) is 5.75 Å². The number of rotatable bonds is 10. The van der Waals surface area contributed by atoms with Crippen LogP contribution < -0.4 is 9.64 Å². The molecule has 0 unspecified atom stereocenters. The summed E-state index contributed by atoms with van der Waals surface area (Å²) in [5.41, 5.74) is 0.969. The minimum Gasteiger partial charge on any atom is -0.491 e. The van der Waals surface area contributed by atoms with E-state index in [0.717, 1.165) is 29.8 Å². The number of thioether (sulfide) groups is 1. The highest BCUT2D eigenvalue weighted by Gasteiger charge is 2.52. The molecule has 1 atom stereocenters. The molecule has 2 aromatic rings. The fourth-order valence-electron chi connectivity index (χ4n) is 4.62. The Bertz CT molecular complexity index is 1180. The van der Waals surface area contributed by atoms with Crippen LogP contribution in [0.2, 0.25) is 0 Å². The summed E-state index contributed by atoms with van der Waals surface area (Å²) in [6, 6.07) is 13.3. The quantitative estimate of drug-likeness (QED) is 0.297. The molecule has 2 aliphatic rings. The van der Waals surface area contributed by atoms with Gasteiger partial charge in [-0.2, -0.15) is 4.31 Å². The number of anilines is 2. The zero-order valence-electron chi connectivity index (χ0n) is 21.5. The number of carbonyl (C=O) groups is 1. The van der Waals surface area contributed by atoms with E-state index in [1.807, 2.05) is 42.7 Å². The lowest BCUT2D eigenvalue weighted by atomic mass is 10.1. The Kier molecular flexibility index (Phi) is 8.22. The fourth-order valence-corrected chi connectivity index (χ4v) is 6.73. The van der Waals surface area contributed by atoms with Crippen molar-refractivity contribution in [2.45, 2.75) is 61.8 Å². The number of likely N-dealkylation sites (N-methyl/N-ethyl adjacent to an activating group) is 1. The number of hydrogen-bond donors (Lipinski definition) is 0. The van der Waals surface area contributed by atoms with Crippen molar-refractivity contribution in [3.05, 3.63) is 42.5 Å².